The molecule has 0 spiro atoms. The molecule has 0 atom stereocenters. The second-order valence-corrected chi connectivity index (χ2v) is 13.8. The second-order valence-electron chi connectivity index (χ2n) is 11.8. The van der Waals surface area contributed by atoms with Gasteiger partial charge in [-0.1, -0.05) is 88.7 Å². The van der Waals surface area contributed by atoms with E-state index in [4.69, 9.17) is 39.9 Å². The van der Waals surface area contributed by atoms with Crippen molar-refractivity contribution in [3.8, 4) is 45.6 Å². The SMILES string of the molecule is CC(C)(Br)C(=O)Nc1ccc2c(c1)-c1nc-2nc2[n-]c(nc3nc(nc4[n-]c(n1)c1ccccc41)-c1ccccc1-3)c1ccccc21.[Cu+2]. The van der Waals surface area contributed by atoms with Crippen LogP contribution in [0.4, 0.5) is 5.69 Å². The number of carbonyl (C=O) groups is 1. The molecule has 1 radical (unpaired) electrons. The number of carbonyl (C=O) groups excluding carboxylic acids is 1. The minimum Gasteiger partial charge on any atom is -0.357 e. The van der Waals surface area contributed by atoms with Gasteiger partial charge in [-0.05, 0) is 53.6 Å². The maximum Gasteiger partial charge on any atom is 2.00 e. The second kappa shape index (κ2) is 11.2. The third kappa shape index (κ3) is 4.88. The number of rotatable bonds is 2. The first kappa shape index (κ1) is 30.1. The van der Waals surface area contributed by atoms with Gasteiger partial charge >= 0.3 is 17.1 Å². The molecule has 7 aromatic rings. The van der Waals surface area contributed by atoms with Gasteiger partial charge in [-0.15, -0.1) is 0 Å². The zero-order valence-electron chi connectivity index (χ0n) is 25.3. The van der Waals surface area contributed by atoms with Crippen molar-refractivity contribution in [2.24, 2.45) is 0 Å². The summed E-state index contributed by atoms with van der Waals surface area (Å²) in [6.07, 6.45) is 0. The molecule has 8 bridgehead atoms. The molecule has 2 aliphatic rings. The zero-order valence-corrected chi connectivity index (χ0v) is 27.9. The van der Waals surface area contributed by atoms with Crippen LogP contribution in [-0.2, 0) is 21.9 Å². The Balaban J connectivity index is 0.00000336. The summed E-state index contributed by atoms with van der Waals surface area (Å²) in [5, 5.41) is 6.32. The Kier molecular flexibility index (Phi) is 6.99. The fraction of sp³-hybridized carbons (Fsp3) is 0.0833. The summed E-state index contributed by atoms with van der Waals surface area (Å²) in [4.78, 5) is 52.3. The number of nitrogens with zero attached hydrogens (tertiary/aromatic N) is 8. The first-order valence-corrected chi connectivity index (χ1v) is 15.7. The van der Waals surface area contributed by atoms with Crippen molar-refractivity contribution in [2.75, 3.05) is 5.32 Å². The Hall–Kier alpha value is -5.29. The number of anilines is 1. The summed E-state index contributed by atoms with van der Waals surface area (Å²) in [6, 6.07) is 29.1. The molecule has 235 valence electrons. The van der Waals surface area contributed by atoms with Crippen LogP contribution in [0.15, 0.2) is 91.0 Å². The van der Waals surface area contributed by atoms with Gasteiger partial charge in [0, 0.05) is 50.5 Å². The molecule has 12 heteroatoms. The number of fused-ring (bicyclic) bond motifs is 20. The number of amides is 1. The third-order valence-corrected chi connectivity index (χ3v) is 8.58. The molecule has 0 saturated heterocycles. The summed E-state index contributed by atoms with van der Waals surface area (Å²) < 4.78 is -0.753. The molecule has 0 fully saturated rings. The van der Waals surface area contributed by atoms with Crippen LogP contribution in [0.2, 0.25) is 0 Å². The minimum atomic E-state index is -0.753. The Morgan fingerprint density at radius 3 is 1.35 bits per heavy atom. The quantitative estimate of drug-likeness (QED) is 0.144. The number of alkyl halides is 1. The monoisotopic (exact) mass is 738 g/mol. The van der Waals surface area contributed by atoms with Crippen molar-refractivity contribution in [1.82, 2.24) is 39.9 Å². The van der Waals surface area contributed by atoms with Crippen LogP contribution in [0.25, 0.3) is 89.7 Å². The number of hydrogen-bond donors (Lipinski definition) is 1. The molecule has 9 rings (SSSR count). The number of aromatic nitrogens is 8. The Labute approximate surface area is 292 Å². The smallest absolute Gasteiger partial charge is 0.357 e. The Morgan fingerprint density at radius 2 is 0.938 bits per heavy atom. The van der Waals surface area contributed by atoms with Crippen LogP contribution >= 0.6 is 15.9 Å². The van der Waals surface area contributed by atoms with Gasteiger partial charge in [0.15, 0.2) is 0 Å². The molecule has 0 saturated carbocycles. The number of benzene rings is 4. The van der Waals surface area contributed by atoms with Gasteiger partial charge < -0.3 is 35.2 Å². The molecule has 0 unspecified atom stereocenters. The normalized spacial score (nSPS) is 12.0. The summed E-state index contributed by atoms with van der Waals surface area (Å²) in [5.74, 6) is 1.70. The van der Waals surface area contributed by atoms with E-state index in [2.05, 4.69) is 21.2 Å². The van der Waals surface area contributed by atoms with Crippen molar-refractivity contribution < 1.29 is 21.9 Å². The molecule has 1 N–H and O–H groups in total. The first-order valence-electron chi connectivity index (χ1n) is 14.9. The van der Waals surface area contributed by atoms with E-state index in [1.165, 1.54) is 0 Å². The van der Waals surface area contributed by atoms with Gasteiger partial charge in [0.05, 0.1) is 27.6 Å². The van der Waals surface area contributed by atoms with Crippen LogP contribution in [-0.4, -0.2) is 40.1 Å². The molecule has 1 amide bonds. The van der Waals surface area contributed by atoms with E-state index in [-0.39, 0.29) is 23.0 Å². The van der Waals surface area contributed by atoms with E-state index in [1.807, 2.05) is 91.0 Å². The van der Waals surface area contributed by atoms with Crippen molar-refractivity contribution in [1.29, 1.82) is 0 Å². The molecule has 2 aliphatic heterocycles. The Morgan fingerprint density at radius 1 is 0.562 bits per heavy atom. The third-order valence-electron chi connectivity index (χ3n) is 8.22. The molecule has 48 heavy (non-hydrogen) atoms. The number of hydrogen-bond acceptors (Lipinski definition) is 7. The maximum absolute atomic E-state index is 12.8. The van der Waals surface area contributed by atoms with E-state index in [0.29, 0.717) is 57.1 Å². The molecular weight excluding hydrogens is 718 g/mol. The number of nitrogens with one attached hydrogen (secondary N) is 1. The van der Waals surface area contributed by atoms with Crippen LogP contribution in [0.1, 0.15) is 13.8 Å². The van der Waals surface area contributed by atoms with Crippen molar-refractivity contribution >= 4 is 71.7 Å². The van der Waals surface area contributed by atoms with Crippen LogP contribution in [0, 0.1) is 0 Å². The summed E-state index contributed by atoms with van der Waals surface area (Å²) in [6.45, 7) is 3.58. The van der Waals surface area contributed by atoms with E-state index >= 15 is 0 Å². The van der Waals surface area contributed by atoms with E-state index in [9.17, 15) is 4.79 Å². The maximum atomic E-state index is 12.8. The summed E-state index contributed by atoms with van der Waals surface area (Å²) in [5.41, 5.74) is 5.73. The van der Waals surface area contributed by atoms with Crippen molar-refractivity contribution in [3.63, 3.8) is 0 Å². The largest absolute Gasteiger partial charge is 2.00 e. The van der Waals surface area contributed by atoms with Crippen LogP contribution < -0.4 is 15.3 Å². The number of halogens is 1. The average Bonchev–Trinajstić information content (AvgIpc) is 3.80. The Bertz CT molecular complexity index is 2640. The topological polar surface area (TPSA) is 135 Å². The molecule has 4 aromatic carbocycles. The van der Waals surface area contributed by atoms with Gasteiger partial charge in [0.1, 0.15) is 0 Å². The predicted octanol–water partition coefficient (Wildman–Crippen LogP) is 7.24. The van der Waals surface area contributed by atoms with Gasteiger partial charge in [-0.2, -0.15) is 0 Å². The molecule has 0 aliphatic carbocycles. The standard InChI is InChI=1S/C36H23BrN9O.Cu/c1-36(2,37)35(47)38-18-15-16-25-26(17-18)34-45-32-24-14-8-7-13-23(24)30(43-32)41-28-20-10-4-3-9-19(20)27(39-28)40-29-21-11-5-6-12-22(21)31(42-29)44-33(25)46-34;/h3-17H,1-2H3,(H2-,38,39,40,41,42,43,44,45,46,47);/q-1;+2/p-1. The van der Waals surface area contributed by atoms with Gasteiger partial charge in [0.25, 0.3) is 0 Å². The van der Waals surface area contributed by atoms with Crippen molar-refractivity contribution in [3.05, 3.63) is 91.0 Å². The molecular formula is C36H22BrCuN9O. The molecule has 3 aromatic heterocycles. The fourth-order valence-corrected chi connectivity index (χ4v) is 5.97. The van der Waals surface area contributed by atoms with Gasteiger partial charge in [-0.25, -0.2) is 9.97 Å². The first-order chi connectivity index (χ1) is 22.8. The van der Waals surface area contributed by atoms with E-state index in [1.54, 1.807) is 13.8 Å². The summed E-state index contributed by atoms with van der Waals surface area (Å²) >= 11 is 3.44. The fourth-order valence-electron chi connectivity index (χ4n) is 5.87. The van der Waals surface area contributed by atoms with E-state index in [0.717, 1.165) is 38.2 Å². The summed E-state index contributed by atoms with van der Waals surface area (Å²) in [7, 11) is 0. The van der Waals surface area contributed by atoms with Crippen LogP contribution in [0.5, 0.6) is 0 Å². The van der Waals surface area contributed by atoms with Crippen molar-refractivity contribution in [2.45, 2.75) is 18.2 Å². The van der Waals surface area contributed by atoms with Gasteiger partial charge in [0.2, 0.25) is 5.91 Å². The predicted molar refractivity (Wildman–Crippen MR) is 186 cm³/mol. The van der Waals surface area contributed by atoms with Gasteiger partial charge in [-0.3, -0.25) is 4.79 Å². The molecule has 5 heterocycles. The van der Waals surface area contributed by atoms with E-state index < -0.39 is 4.32 Å². The zero-order chi connectivity index (χ0) is 31.9. The van der Waals surface area contributed by atoms with Crippen LogP contribution in [0.3, 0.4) is 0 Å². The average molecular weight is 740 g/mol. The molecule has 10 nitrogen and oxygen atoms in total. The minimum absolute atomic E-state index is 0.